The number of amides is 1. The number of carbonyl (C=O) groups is 1. The van der Waals surface area contributed by atoms with Gasteiger partial charge in [-0.15, -0.1) is 0 Å². The molecule has 2 fully saturated rings. The number of hydrogen-bond acceptors (Lipinski definition) is 3. The number of hydrogen-bond donors (Lipinski definition) is 0. The number of aryl methyl sites for hydroxylation is 1. The van der Waals surface area contributed by atoms with Crippen molar-refractivity contribution in [3.63, 3.8) is 0 Å². The molecule has 2 heterocycles. The Bertz CT molecular complexity index is 520. The largest absolute Gasteiger partial charge is 0.488 e. The van der Waals surface area contributed by atoms with E-state index in [0.717, 1.165) is 51.2 Å². The van der Waals surface area contributed by atoms with Gasteiger partial charge in [0.25, 0.3) is 0 Å². The summed E-state index contributed by atoms with van der Waals surface area (Å²) in [6, 6.07) is 8.28. The fraction of sp³-hybridized carbons (Fsp3) is 0.611. The minimum Gasteiger partial charge on any atom is -0.488 e. The molecule has 1 atom stereocenters. The van der Waals surface area contributed by atoms with Gasteiger partial charge in [-0.2, -0.15) is 0 Å². The molecule has 0 spiro atoms. The Balaban J connectivity index is 1.47. The van der Waals surface area contributed by atoms with E-state index in [1.54, 1.807) is 0 Å². The lowest BCUT2D eigenvalue weighted by molar-refractivity contribution is -0.139. The van der Waals surface area contributed by atoms with Crippen molar-refractivity contribution in [3.05, 3.63) is 29.8 Å². The van der Waals surface area contributed by atoms with Crippen LogP contribution in [0.25, 0.3) is 0 Å². The molecule has 2 saturated heterocycles. The molecule has 0 unspecified atom stereocenters. The van der Waals surface area contributed by atoms with Gasteiger partial charge in [0, 0.05) is 26.2 Å². The first kappa shape index (κ1) is 15.3. The molecule has 3 rings (SSSR count). The normalized spacial score (nSPS) is 20.7. The Morgan fingerprint density at radius 1 is 1.32 bits per heavy atom. The highest BCUT2D eigenvalue weighted by molar-refractivity contribution is 5.81. The molecule has 1 amide bonds. The van der Waals surface area contributed by atoms with Crippen LogP contribution in [0, 0.1) is 0 Å². The van der Waals surface area contributed by atoms with Crippen LogP contribution >= 0.6 is 0 Å². The lowest BCUT2D eigenvalue weighted by Crippen LogP contribution is -2.60. The van der Waals surface area contributed by atoms with E-state index < -0.39 is 0 Å². The van der Waals surface area contributed by atoms with Crippen LogP contribution in [-0.4, -0.2) is 54.0 Å². The molecule has 1 aromatic rings. The fourth-order valence-electron chi connectivity index (χ4n) is 3.25. The highest BCUT2D eigenvalue weighted by atomic mass is 16.5. The van der Waals surface area contributed by atoms with Crippen molar-refractivity contribution in [1.29, 1.82) is 0 Å². The third kappa shape index (κ3) is 3.27. The number of carbonyl (C=O) groups excluding carboxylic acids is 1. The minimum atomic E-state index is -0.0140. The number of ether oxygens (including phenoxy) is 1. The van der Waals surface area contributed by atoms with Gasteiger partial charge < -0.3 is 9.64 Å². The van der Waals surface area contributed by atoms with Crippen molar-refractivity contribution >= 4 is 5.91 Å². The third-order valence-corrected chi connectivity index (χ3v) is 4.81. The van der Waals surface area contributed by atoms with Gasteiger partial charge in [-0.1, -0.05) is 19.1 Å². The molecule has 4 nitrogen and oxygen atoms in total. The zero-order valence-electron chi connectivity index (χ0n) is 13.6. The van der Waals surface area contributed by atoms with E-state index >= 15 is 0 Å². The number of likely N-dealkylation sites (tertiary alicyclic amines) is 2. The summed E-state index contributed by atoms with van der Waals surface area (Å²) in [7, 11) is 0. The van der Waals surface area contributed by atoms with Gasteiger partial charge in [0.05, 0.1) is 6.04 Å². The summed E-state index contributed by atoms with van der Waals surface area (Å²) < 4.78 is 6.01. The molecule has 0 bridgehead atoms. The van der Waals surface area contributed by atoms with Gasteiger partial charge in [0.15, 0.2) is 0 Å². The molecule has 4 heteroatoms. The highest BCUT2D eigenvalue weighted by Gasteiger charge is 2.36. The zero-order valence-corrected chi connectivity index (χ0v) is 13.6. The maximum absolute atomic E-state index is 12.4. The second kappa shape index (κ2) is 6.69. The molecule has 0 aliphatic carbocycles. The Morgan fingerprint density at radius 2 is 2.05 bits per heavy atom. The van der Waals surface area contributed by atoms with E-state index in [9.17, 15) is 4.79 Å². The monoisotopic (exact) mass is 302 g/mol. The molecule has 120 valence electrons. The van der Waals surface area contributed by atoms with Crippen LogP contribution in [-0.2, 0) is 11.2 Å². The average molecular weight is 302 g/mol. The summed E-state index contributed by atoms with van der Waals surface area (Å²) in [6.45, 7) is 7.72. The van der Waals surface area contributed by atoms with Crippen molar-refractivity contribution in [2.75, 3.05) is 26.2 Å². The van der Waals surface area contributed by atoms with Gasteiger partial charge in [0.1, 0.15) is 11.9 Å². The Labute approximate surface area is 133 Å². The Kier molecular flexibility index (Phi) is 4.67. The Morgan fingerprint density at radius 3 is 2.73 bits per heavy atom. The van der Waals surface area contributed by atoms with Gasteiger partial charge in [-0.3, -0.25) is 9.69 Å². The molecule has 2 aliphatic rings. The van der Waals surface area contributed by atoms with E-state index in [4.69, 9.17) is 4.74 Å². The van der Waals surface area contributed by atoms with Crippen LogP contribution in [0.5, 0.6) is 5.75 Å². The third-order valence-electron chi connectivity index (χ3n) is 4.81. The molecule has 0 saturated carbocycles. The molecular formula is C18H26N2O2. The molecule has 1 aromatic carbocycles. The summed E-state index contributed by atoms with van der Waals surface area (Å²) in [5.41, 5.74) is 1.30. The topological polar surface area (TPSA) is 32.8 Å². The fourth-order valence-corrected chi connectivity index (χ4v) is 3.25. The number of nitrogens with zero attached hydrogens (tertiary/aromatic N) is 2. The summed E-state index contributed by atoms with van der Waals surface area (Å²) >= 11 is 0. The first-order valence-electron chi connectivity index (χ1n) is 8.46. The second-order valence-electron chi connectivity index (χ2n) is 6.40. The van der Waals surface area contributed by atoms with E-state index in [1.807, 2.05) is 24.0 Å². The lowest BCUT2D eigenvalue weighted by Gasteiger charge is -2.42. The van der Waals surface area contributed by atoms with Gasteiger partial charge in [0.2, 0.25) is 5.91 Å². The summed E-state index contributed by atoms with van der Waals surface area (Å²) in [6.07, 6.45) is 3.53. The van der Waals surface area contributed by atoms with Crippen LogP contribution < -0.4 is 4.74 Å². The maximum Gasteiger partial charge on any atom is 0.239 e. The molecule has 22 heavy (non-hydrogen) atoms. The van der Waals surface area contributed by atoms with E-state index in [0.29, 0.717) is 0 Å². The first-order valence-corrected chi connectivity index (χ1v) is 8.46. The summed E-state index contributed by atoms with van der Waals surface area (Å²) in [5.74, 6) is 1.23. The summed E-state index contributed by atoms with van der Waals surface area (Å²) in [5, 5.41) is 0. The zero-order chi connectivity index (χ0) is 15.5. The highest BCUT2D eigenvalue weighted by Crippen LogP contribution is 2.22. The van der Waals surface area contributed by atoms with E-state index in [1.165, 1.54) is 5.56 Å². The van der Waals surface area contributed by atoms with Crippen molar-refractivity contribution < 1.29 is 9.53 Å². The second-order valence-corrected chi connectivity index (χ2v) is 6.40. The SMILES string of the molecule is CCc1cccc(OC2CN([C@H](C)C(=O)N3CCCC3)C2)c1. The quantitative estimate of drug-likeness (QED) is 0.837. The van der Waals surface area contributed by atoms with E-state index in [2.05, 4.69) is 24.0 Å². The Hall–Kier alpha value is -1.55. The standard InChI is InChI=1S/C18H26N2O2/c1-3-15-7-6-8-16(11-15)22-17-12-20(13-17)14(2)18(21)19-9-4-5-10-19/h6-8,11,14,17H,3-5,9-10,12-13H2,1-2H3/t14-/m1/s1. The van der Waals surface area contributed by atoms with Crippen molar-refractivity contribution in [1.82, 2.24) is 9.80 Å². The molecule has 0 aromatic heterocycles. The number of benzene rings is 1. The van der Waals surface area contributed by atoms with Crippen LogP contribution in [0.3, 0.4) is 0 Å². The van der Waals surface area contributed by atoms with Crippen molar-refractivity contribution in [2.24, 2.45) is 0 Å². The molecule has 2 aliphatic heterocycles. The average Bonchev–Trinajstić information content (AvgIpc) is 3.03. The minimum absolute atomic E-state index is 0.0140. The van der Waals surface area contributed by atoms with Crippen LogP contribution in [0.4, 0.5) is 0 Å². The predicted octanol–water partition coefficient (Wildman–Crippen LogP) is 2.32. The number of rotatable bonds is 5. The maximum atomic E-state index is 12.4. The van der Waals surface area contributed by atoms with Gasteiger partial charge >= 0.3 is 0 Å². The van der Waals surface area contributed by atoms with Crippen LogP contribution in [0.1, 0.15) is 32.3 Å². The van der Waals surface area contributed by atoms with Crippen LogP contribution in [0.15, 0.2) is 24.3 Å². The smallest absolute Gasteiger partial charge is 0.239 e. The molecular weight excluding hydrogens is 276 g/mol. The van der Waals surface area contributed by atoms with Gasteiger partial charge in [-0.05, 0) is 43.9 Å². The molecule has 0 radical (unpaired) electrons. The lowest BCUT2D eigenvalue weighted by atomic mass is 10.1. The summed E-state index contributed by atoms with van der Waals surface area (Å²) in [4.78, 5) is 16.6. The van der Waals surface area contributed by atoms with Crippen LogP contribution in [0.2, 0.25) is 0 Å². The van der Waals surface area contributed by atoms with Gasteiger partial charge in [-0.25, -0.2) is 0 Å². The molecule has 0 N–H and O–H groups in total. The van der Waals surface area contributed by atoms with Crippen molar-refractivity contribution in [2.45, 2.75) is 45.3 Å². The van der Waals surface area contributed by atoms with Crippen molar-refractivity contribution in [3.8, 4) is 5.75 Å². The first-order chi connectivity index (χ1) is 10.7. The predicted molar refractivity (Wildman–Crippen MR) is 87.1 cm³/mol. The van der Waals surface area contributed by atoms with E-state index in [-0.39, 0.29) is 18.1 Å².